The summed E-state index contributed by atoms with van der Waals surface area (Å²) in [6, 6.07) is 4.27. The number of aryl methyl sites for hydroxylation is 1. The minimum absolute atomic E-state index is 0.129. The van der Waals surface area contributed by atoms with Crippen molar-refractivity contribution in [3.63, 3.8) is 0 Å². The Morgan fingerprint density at radius 1 is 1.33 bits per heavy atom. The Bertz CT molecular complexity index is 458. The molecule has 116 valence electrons. The van der Waals surface area contributed by atoms with E-state index in [1.54, 1.807) is 11.3 Å². The molecule has 0 unspecified atom stereocenters. The Labute approximate surface area is 129 Å². The first-order chi connectivity index (χ1) is 10.2. The molecule has 1 saturated heterocycles. The molecule has 4 nitrogen and oxygen atoms in total. The molecule has 21 heavy (non-hydrogen) atoms. The Morgan fingerprint density at radius 2 is 2.19 bits per heavy atom. The fraction of sp³-hybridized carbons (Fsp3) is 0.625. The summed E-state index contributed by atoms with van der Waals surface area (Å²) in [6.07, 6.45) is 6.24. The van der Waals surface area contributed by atoms with Crippen molar-refractivity contribution in [1.29, 1.82) is 0 Å². The first-order valence-electron chi connectivity index (χ1n) is 7.70. The van der Waals surface area contributed by atoms with E-state index in [-0.39, 0.29) is 18.4 Å². The van der Waals surface area contributed by atoms with Crippen LogP contribution in [0.3, 0.4) is 0 Å². The lowest BCUT2D eigenvalue weighted by molar-refractivity contribution is -0.140. The van der Waals surface area contributed by atoms with Crippen molar-refractivity contribution < 1.29 is 14.7 Å². The fourth-order valence-electron chi connectivity index (χ4n) is 2.93. The molecule has 2 heterocycles. The summed E-state index contributed by atoms with van der Waals surface area (Å²) >= 11 is 1.73. The van der Waals surface area contributed by atoms with Crippen molar-refractivity contribution in [2.75, 3.05) is 6.54 Å². The number of aliphatic carboxylic acids is 1. The van der Waals surface area contributed by atoms with Crippen molar-refractivity contribution in [2.24, 2.45) is 0 Å². The number of thiophene rings is 1. The van der Waals surface area contributed by atoms with E-state index >= 15 is 0 Å². The normalized spacial score (nSPS) is 18.7. The van der Waals surface area contributed by atoms with Gasteiger partial charge in [-0.2, -0.15) is 0 Å². The number of likely N-dealkylation sites (tertiary alicyclic amines) is 1. The van der Waals surface area contributed by atoms with Crippen LogP contribution in [0.25, 0.3) is 0 Å². The van der Waals surface area contributed by atoms with Crippen LogP contribution < -0.4 is 0 Å². The molecule has 0 saturated carbocycles. The van der Waals surface area contributed by atoms with Gasteiger partial charge in [0, 0.05) is 30.3 Å². The number of carbonyl (C=O) groups excluding carboxylic acids is 1. The number of hydrogen-bond acceptors (Lipinski definition) is 3. The highest BCUT2D eigenvalue weighted by molar-refractivity contribution is 7.09. The number of rotatable bonds is 7. The van der Waals surface area contributed by atoms with Crippen LogP contribution >= 0.6 is 11.3 Å². The van der Waals surface area contributed by atoms with Crippen LogP contribution in [-0.2, 0) is 16.0 Å². The summed E-state index contributed by atoms with van der Waals surface area (Å²) < 4.78 is 0. The van der Waals surface area contributed by atoms with E-state index in [0.717, 1.165) is 38.6 Å². The average Bonchev–Trinajstić information content (AvgIpc) is 2.98. The van der Waals surface area contributed by atoms with Gasteiger partial charge in [0.15, 0.2) is 0 Å². The molecule has 1 fully saturated rings. The lowest BCUT2D eigenvalue weighted by Crippen LogP contribution is -2.43. The fourth-order valence-corrected chi connectivity index (χ4v) is 3.68. The number of carboxylic acids is 1. The zero-order valence-electron chi connectivity index (χ0n) is 12.3. The predicted molar refractivity (Wildman–Crippen MR) is 83.5 cm³/mol. The molecule has 0 radical (unpaired) electrons. The third-order valence-electron chi connectivity index (χ3n) is 4.03. The van der Waals surface area contributed by atoms with Gasteiger partial charge < -0.3 is 10.0 Å². The van der Waals surface area contributed by atoms with Gasteiger partial charge in [-0.15, -0.1) is 11.3 Å². The van der Waals surface area contributed by atoms with E-state index in [4.69, 9.17) is 5.11 Å². The first kappa shape index (κ1) is 16.0. The molecular weight excluding hydrogens is 286 g/mol. The van der Waals surface area contributed by atoms with Gasteiger partial charge in [-0.1, -0.05) is 6.07 Å². The first-order valence-corrected chi connectivity index (χ1v) is 8.58. The molecule has 1 amide bonds. The monoisotopic (exact) mass is 309 g/mol. The summed E-state index contributed by atoms with van der Waals surface area (Å²) in [5.74, 6) is -0.577. The number of amides is 1. The second-order valence-corrected chi connectivity index (χ2v) is 6.63. The van der Waals surface area contributed by atoms with Crippen LogP contribution in [0.2, 0.25) is 0 Å². The second kappa shape index (κ2) is 8.17. The van der Waals surface area contributed by atoms with Crippen LogP contribution in [0.4, 0.5) is 0 Å². The van der Waals surface area contributed by atoms with Gasteiger partial charge in [-0.25, -0.2) is 0 Å². The maximum atomic E-state index is 12.4. The van der Waals surface area contributed by atoms with Gasteiger partial charge >= 0.3 is 5.97 Å². The van der Waals surface area contributed by atoms with Gasteiger partial charge in [0.05, 0.1) is 0 Å². The van der Waals surface area contributed by atoms with Gasteiger partial charge in [-0.3, -0.25) is 9.59 Å². The van der Waals surface area contributed by atoms with Gasteiger partial charge in [-0.05, 0) is 50.0 Å². The predicted octanol–water partition coefficient (Wildman–Crippen LogP) is 3.32. The highest BCUT2D eigenvalue weighted by Crippen LogP contribution is 2.22. The van der Waals surface area contributed by atoms with Crippen LogP contribution in [0.1, 0.15) is 49.8 Å². The van der Waals surface area contributed by atoms with Gasteiger partial charge in [0.1, 0.15) is 0 Å². The van der Waals surface area contributed by atoms with E-state index in [1.165, 1.54) is 4.88 Å². The van der Waals surface area contributed by atoms with Crippen molar-refractivity contribution in [3.8, 4) is 0 Å². The molecule has 1 aromatic rings. The minimum atomic E-state index is -0.773. The van der Waals surface area contributed by atoms with Crippen LogP contribution in [0.15, 0.2) is 17.5 Å². The van der Waals surface area contributed by atoms with Crippen LogP contribution in [0.5, 0.6) is 0 Å². The van der Waals surface area contributed by atoms with Gasteiger partial charge in [0.25, 0.3) is 0 Å². The Balaban J connectivity index is 1.78. The Hall–Kier alpha value is -1.36. The summed E-state index contributed by atoms with van der Waals surface area (Å²) in [6.45, 7) is 0.794. The van der Waals surface area contributed by atoms with Crippen molar-refractivity contribution in [2.45, 2.75) is 57.4 Å². The number of hydrogen-bond donors (Lipinski definition) is 1. The number of carboxylic acid groups (broad SMARTS) is 1. The molecule has 0 aromatic carbocycles. The summed E-state index contributed by atoms with van der Waals surface area (Å²) in [4.78, 5) is 26.3. The highest BCUT2D eigenvalue weighted by atomic mass is 32.1. The molecule has 0 bridgehead atoms. The van der Waals surface area contributed by atoms with E-state index in [2.05, 4.69) is 11.4 Å². The third-order valence-corrected chi connectivity index (χ3v) is 4.97. The molecule has 1 atom stereocenters. The summed E-state index contributed by atoms with van der Waals surface area (Å²) in [5, 5.41) is 10.9. The zero-order valence-corrected chi connectivity index (χ0v) is 13.1. The largest absolute Gasteiger partial charge is 0.481 e. The topological polar surface area (TPSA) is 57.6 Å². The minimum Gasteiger partial charge on any atom is -0.481 e. The highest BCUT2D eigenvalue weighted by Gasteiger charge is 2.26. The molecule has 2 rings (SSSR count). The standard InChI is InChI=1S/C16H23NO3S/c18-15(8-3-6-14-7-4-12-21-14)17-11-2-1-5-13(17)9-10-16(19)20/h4,7,12-13H,1-3,5-6,8-11H2,(H,19,20)/t13-/m1/s1. The van der Waals surface area contributed by atoms with Crippen LogP contribution in [-0.4, -0.2) is 34.5 Å². The maximum Gasteiger partial charge on any atom is 0.303 e. The number of carbonyl (C=O) groups is 2. The Kier molecular flexibility index (Phi) is 6.23. The van der Waals surface area contributed by atoms with E-state index in [1.807, 2.05) is 11.0 Å². The third kappa shape index (κ3) is 5.16. The van der Waals surface area contributed by atoms with E-state index < -0.39 is 5.97 Å². The summed E-state index contributed by atoms with van der Waals surface area (Å²) in [5.41, 5.74) is 0. The molecule has 0 aliphatic carbocycles. The lowest BCUT2D eigenvalue weighted by Gasteiger charge is -2.35. The van der Waals surface area contributed by atoms with Gasteiger partial charge in [0.2, 0.25) is 5.91 Å². The van der Waals surface area contributed by atoms with E-state index in [0.29, 0.717) is 12.8 Å². The van der Waals surface area contributed by atoms with Crippen molar-refractivity contribution >= 4 is 23.2 Å². The molecule has 1 N–H and O–H groups in total. The Morgan fingerprint density at radius 3 is 2.90 bits per heavy atom. The molecular formula is C16H23NO3S. The van der Waals surface area contributed by atoms with E-state index in [9.17, 15) is 9.59 Å². The average molecular weight is 309 g/mol. The maximum absolute atomic E-state index is 12.4. The molecule has 1 aliphatic rings. The second-order valence-electron chi connectivity index (χ2n) is 5.60. The quantitative estimate of drug-likeness (QED) is 0.840. The molecule has 1 aromatic heterocycles. The van der Waals surface area contributed by atoms with Crippen molar-refractivity contribution in [1.82, 2.24) is 4.90 Å². The SMILES string of the molecule is O=C(O)CC[C@H]1CCCCN1C(=O)CCCc1cccs1. The van der Waals surface area contributed by atoms with Crippen molar-refractivity contribution in [3.05, 3.63) is 22.4 Å². The zero-order chi connectivity index (χ0) is 15.1. The lowest BCUT2D eigenvalue weighted by atomic mass is 9.97. The molecule has 5 heteroatoms. The molecule has 0 spiro atoms. The summed E-state index contributed by atoms with van der Waals surface area (Å²) in [7, 11) is 0. The smallest absolute Gasteiger partial charge is 0.303 e. The number of piperidine rings is 1. The molecule has 1 aliphatic heterocycles. The number of nitrogens with zero attached hydrogens (tertiary/aromatic N) is 1. The van der Waals surface area contributed by atoms with Crippen LogP contribution in [0, 0.1) is 0 Å².